The van der Waals surface area contributed by atoms with Gasteiger partial charge in [-0.1, -0.05) is 0 Å². The first-order valence-electron chi connectivity index (χ1n) is 11.0. The fourth-order valence-corrected chi connectivity index (χ4v) is 3.57. The van der Waals surface area contributed by atoms with E-state index in [-0.39, 0.29) is 11.4 Å². The Balaban J connectivity index is 1.49. The van der Waals surface area contributed by atoms with Crippen molar-refractivity contribution >= 4 is 28.8 Å². The molecule has 1 amide bonds. The van der Waals surface area contributed by atoms with Gasteiger partial charge in [0.2, 0.25) is 0 Å². The van der Waals surface area contributed by atoms with Crippen LogP contribution in [0, 0.1) is 0 Å². The number of aromatic nitrogens is 6. The van der Waals surface area contributed by atoms with Crippen molar-refractivity contribution in [3.8, 4) is 0 Å². The van der Waals surface area contributed by atoms with E-state index in [1.165, 1.54) is 24.3 Å². The van der Waals surface area contributed by atoms with Gasteiger partial charge in [0.25, 0.3) is 5.91 Å². The van der Waals surface area contributed by atoms with Gasteiger partial charge in [-0.2, -0.15) is 18.3 Å². The first kappa shape index (κ1) is 22.7. The molecule has 0 saturated heterocycles. The van der Waals surface area contributed by atoms with Gasteiger partial charge in [0.1, 0.15) is 24.3 Å². The fraction of sp³-hybridized carbons (Fsp3) is 0.364. The quantitative estimate of drug-likeness (QED) is 0.443. The fourth-order valence-electron chi connectivity index (χ4n) is 3.57. The van der Waals surface area contributed by atoms with Gasteiger partial charge in [0, 0.05) is 13.0 Å². The van der Waals surface area contributed by atoms with Gasteiger partial charge in [0.15, 0.2) is 5.82 Å². The van der Waals surface area contributed by atoms with Crippen molar-refractivity contribution in [2.75, 3.05) is 17.2 Å². The number of nitrogens with zero attached hydrogens (tertiary/aromatic N) is 6. The lowest BCUT2D eigenvalue weighted by molar-refractivity contribution is -0.123. The largest absolute Gasteiger partial charge is 0.405 e. The molecule has 0 bridgehead atoms. The Morgan fingerprint density at radius 3 is 2.54 bits per heavy atom. The summed E-state index contributed by atoms with van der Waals surface area (Å²) >= 11 is 0. The molecule has 2 aliphatic rings. The van der Waals surface area contributed by atoms with Crippen molar-refractivity contribution in [3.05, 3.63) is 53.8 Å². The minimum absolute atomic E-state index is 0.0229. The van der Waals surface area contributed by atoms with Crippen LogP contribution >= 0.6 is 0 Å². The summed E-state index contributed by atoms with van der Waals surface area (Å²) in [5.41, 5.74) is 4.00. The highest BCUT2D eigenvalue weighted by molar-refractivity contribution is 6.00. The van der Waals surface area contributed by atoms with Crippen LogP contribution < -0.4 is 16.0 Å². The van der Waals surface area contributed by atoms with Gasteiger partial charge < -0.3 is 16.0 Å². The summed E-state index contributed by atoms with van der Waals surface area (Å²) in [7, 11) is 1.49. The molecular formula is C22H22F3N9O. The number of allylic oxidation sites excluding steroid dienone is 1. The van der Waals surface area contributed by atoms with Gasteiger partial charge in [-0.3, -0.25) is 9.48 Å². The number of rotatable bonds is 8. The van der Waals surface area contributed by atoms with Crippen LogP contribution in [0.1, 0.15) is 53.5 Å². The molecule has 3 aromatic heterocycles. The first-order chi connectivity index (χ1) is 16.8. The van der Waals surface area contributed by atoms with E-state index < -0.39 is 18.6 Å². The standard InChI is InChI=1S/C22H22F3N9O/c1-34-19(21(35)29-10-22(23,24)25)16(9-30-34)33-17(13-4-5-13)18-20(31-14-6-26-11-27-7-14)28-8-15(32-18)12-2-3-12/h6-9,11-12,33H,2-5,10H2,1H3,(H,28,31)(H,29,35). The average molecular weight is 485 g/mol. The number of carbonyl (C=O) groups is 1. The van der Waals surface area contributed by atoms with Crippen molar-refractivity contribution < 1.29 is 18.0 Å². The molecule has 35 heavy (non-hydrogen) atoms. The van der Waals surface area contributed by atoms with E-state index in [1.54, 1.807) is 18.6 Å². The number of amides is 1. The summed E-state index contributed by atoms with van der Waals surface area (Å²) in [4.78, 5) is 30.1. The maximum atomic E-state index is 12.6. The van der Waals surface area contributed by atoms with Crippen molar-refractivity contribution in [2.45, 2.75) is 37.8 Å². The van der Waals surface area contributed by atoms with Crippen molar-refractivity contribution in [1.82, 2.24) is 35.0 Å². The summed E-state index contributed by atoms with van der Waals surface area (Å²) < 4.78 is 39.2. The summed E-state index contributed by atoms with van der Waals surface area (Å²) in [5.74, 6) is -0.0662. The SMILES string of the molecule is Cn1ncc(NC(=C2CC2)c2nc(C3CC3)cnc2Nc2cncnc2)c1C(=O)NCC(F)(F)F. The number of anilines is 3. The molecule has 3 N–H and O–H groups in total. The predicted octanol–water partition coefficient (Wildman–Crippen LogP) is 3.53. The van der Waals surface area contributed by atoms with E-state index in [2.05, 4.69) is 30.7 Å². The number of carbonyl (C=O) groups excluding carboxylic acids is 1. The van der Waals surface area contributed by atoms with Crippen LogP contribution in [-0.2, 0) is 7.05 Å². The lowest BCUT2D eigenvalue weighted by Gasteiger charge is -2.16. The molecule has 2 fully saturated rings. The third kappa shape index (κ3) is 5.39. The molecule has 3 aromatic rings. The second-order valence-corrected chi connectivity index (χ2v) is 8.45. The second-order valence-electron chi connectivity index (χ2n) is 8.45. The molecule has 0 aliphatic heterocycles. The Kier molecular flexibility index (Phi) is 5.83. The molecule has 13 heteroatoms. The Bertz CT molecular complexity index is 1280. The number of hydrogen-bond acceptors (Lipinski definition) is 8. The maximum Gasteiger partial charge on any atom is 0.405 e. The Labute approximate surface area is 198 Å². The van der Waals surface area contributed by atoms with Crippen LogP contribution in [-0.4, -0.2) is 48.3 Å². The highest BCUT2D eigenvalue weighted by Gasteiger charge is 2.31. The Morgan fingerprint density at radius 2 is 1.89 bits per heavy atom. The zero-order valence-electron chi connectivity index (χ0n) is 18.7. The minimum Gasteiger partial charge on any atom is -0.350 e. The van der Waals surface area contributed by atoms with Crippen LogP contribution in [0.2, 0.25) is 0 Å². The number of hydrogen-bond donors (Lipinski definition) is 3. The van der Waals surface area contributed by atoms with E-state index in [4.69, 9.17) is 4.98 Å². The molecule has 0 unspecified atom stereocenters. The molecule has 0 atom stereocenters. The molecule has 10 nitrogen and oxygen atoms in total. The van der Waals surface area contributed by atoms with Crippen LogP contribution in [0.3, 0.4) is 0 Å². The van der Waals surface area contributed by atoms with Crippen LogP contribution in [0.25, 0.3) is 5.70 Å². The number of aryl methyl sites for hydroxylation is 1. The molecule has 182 valence electrons. The number of alkyl halides is 3. The van der Waals surface area contributed by atoms with Crippen LogP contribution in [0.5, 0.6) is 0 Å². The molecule has 3 heterocycles. The first-order valence-corrected chi connectivity index (χ1v) is 11.0. The van der Waals surface area contributed by atoms with E-state index in [1.807, 2.05) is 5.32 Å². The smallest absolute Gasteiger partial charge is 0.350 e. The molecule has 5 rings (SSSR count). The Hall–Kier alpha value is -4.03. The maximum absolute atomic E-state index is 12.6. The third-order valence-corrected chi connectivity index (χ3v) is 5.56. The highest BCUT2D eigenvalue weighted by Crippen LogP contribution is 2.42. The predicted molar refractivity (Wildman–Crippen MR) is 121 cm³/mol. The van der Waals surface area contributed by atoms with Crippen molar-refractivity contribution in [3.63, 3.8) is 0 Å². The van der Waals surface area contributed by atoms with Crippen molar-refractivity contribution in [1.29, 1.82) is 0 Å². The molecule has 0 aromatic carbocycles. The number of nitrogens with one attached hydrogen (secondary N) is 3. The van der Waals surface area contributed by atoms with Gasteiger partial charge >= 0.3 is 6.18 Å². The molecule has 2 saturated carbocycles. The van der Waals surface area contributed by atoms with E-state index in [0.717, 1.165) is 37.0 Å². The van der Waals surface area contributed by atoms with E-state index in [0.29, 0.717) is 28.8 Å². The normalized spacial score (nSPS) is 15.0. The van der Waals surface area contributed by atoms with Crippen LogP contribution in [0.4, 0.5) is 30.4 Å². The minimum atomic E-state index is -4.52. The van der Waals surface area contributed by atoms with Gasteiger partial charge in [-0.05, 0) is 31.3 Å². The molecular weight excluding hydrogens is 463 g/mol. The van der Waals surface area contributed by atoms with Gasteiger partial charge in [0.05, 0.1) is 47.6 Å². The topological polar surface area (TPSA) is 123 Å². The van der Waals surface area contributed by atoms with Crippen molar-refractivity contribution in [2.24, 2.45) is 7.05 Å². The summed E-state index contributed by atoms with van der Waals surface area (Å²) in [6.45, 7) is -1.44. The van der Waals surface area contributed by atoms with Crippen LogP contribution in [0.15, 0.2) is 36.7 Å². The third-order valence-electron chi connectivity index (χ3n) is 5.56. The lowest BCUT2D eigenvalue weighted by Crippen LogP contribution is -2.35. The zero-order chi connectivity index (χ0) is 24.6. The Morgan fingerprint density at radius 1 is 1.14 bits per heavy atom. The summed E-state index contributed by atoms with van der Waals surface area (Å²) in [5, 5.41) is 12.4. The highest BCUT2D eigenvalue weighted by atomic mass is 19.4. The summed E-state index contributed by atoms with van der Waals surface area (Å²) in [6, 6.07) is 0. The second kappa shape index (κ2) is 8.96. The molecule has 0 spiro atoms. The number of halogens is 3. The monoisotopic (exact) mass is 485 g/mol. The van der Waals surface area contributed by atoms with E-state index in [9.17, 15) is 18.0 Å². The molecule has 0 radical (unpaired) electrons. The average Bonchev–Trinajstić information content (AvgIpc) is 3.75. The van der Waals surface area contributed by atoms with Gasteiger partial charge in [-0.15, -0.1) is 0 Å². The lowest BCUT2D eigenvalue weighted by atomic mass is 10.2. The van der Waals surface area contributed by atoms with Gasteiger partial charge in [-0.25, -0.2) is 19.9 Å². The summed E-state index contributed by atoms with van der Waals surface area (Å²) in [6.07, 6.45) is 6.97. The van der Waals surface area contributed by atoms with E-state index >= 15 is 0 Å². The molecule has 2 aliphatic carbocycles. The zero-order valence-corrected chi connectivity index (χ0v) is 18.7.